The molecule has 2 heteroatoms. The molecule has 3 rings (SSSR count). The first kappa shape index (κ1) is 13.9. The zero-order chi connectivity index (χ0) is 15.2. The molecule has 0 atom stereocenters. The maximum atomic E-state index is 8.77. The molecule has 0 heterocycles. The van der Waals surface area contributed by atoms with Crippen molar-refractivity contribution in [2.24, 2.45) is 0 Å². The Balaban J connectivity index is 1.65. The van der Waals surface area contributed by atoms with E-state index in [-0.39, 0.29) is 0 Å². The van der Waals surface area contributed by atoms with E-state index >= 15 is 0 Å². The van der Waals surface area contributed by atoms with Gasteiger partial charge >= 0.3 is 0 Å². The fraction of sp³-hybridized carbons (Fsp3) is 0.0500. The summed E-state index contributed by atoms with van der Waals surface area (Å²) < 4.78 is 5.73. The summed E-state index contributed by atoms with van der Waals surface area (Å²) in [4.78, 5) is 0. The van der Waals surface area contributed by atoms with Crippen molar-refractivity contribution >= 4 is 0 Å². The van der Waals surface area contributed by atoms with Crippen LogP contribution in [0, 0.1) is 11.3 Å². The number of nitrogens with zero attached hydrogens (tertiary/aromatic N) is 1. The van der Waals surface area contributed by atoms with Crippen LogP contribution in [0.2, 0.25) is 0 Å². The van der Waals surface area contributed by atoms with Crippen LogP contribution in [0.4, 0.5) is 0 Å². The van der Waals surface area contributed by atoms with E-state index in [9.17, 15) is 0 Å². The summed E-state index contributed by atoms with van der Waals surface area (Å²) in [5.74, 6) is 0.770. The summed E-state index contributed by atoms with van der Waals surface area (Å²) in [6, 6.07) is 27.9. The van der Waals surface area contributed by atoms with Crippen molar-refractivity contribution in [3.05, 3.63) is 90.0 Å². The van der Waals surface area contributed by atoms with Gasteiger partial charge < -0.3 is 4.74 Å². The van der Waals surface area contributed by atoms with Gasteiger partial charge in [0.05, 0.1) is 11.6 Å². The van der Waals surface area contributed by atoms with Crippen molar-refractivity contribution in [2.75, 3.05) is 0 Å². The van der Waals surface area contributed by atoms with Gasteiger partial charge in [-0.1, -0.05) is 54.6 Å². The van der Waals surface area contributed by atoms with Gasteiger partial charge in [-0.15, -0.1) is 0 Å². The molecule has 0 aliphatic carbocycles. The van der Waals surface area contributed by atoms with Crippen molar-refractivity contribution in [3.63, 3.8) is 0 Å². The Morgan fingerprint density at radius 3 is 2.00 bits per heavy atom. The zero-order valence-electron chi connectivity index (χ0n) is 12.1. The highest BCUT2D eigenvalue weighted by atomic mass is 16.5. The van der Waals surface area contributed by atoms with Crippen LogP contribution in [0.15, 0.2) is 78.9 Å². The summed E-state index contributed by atoms with van der Waals surface area (Å²) in [6.45, 7) is 0.515. The Kier molecular flexibility index (Phi) is 4.17. The minimum Gasteiger partial charge on any atom is -0.489 e. The van der Waals surface area contributed by atoms with Crippen LogP contribution in [0.3, 0.4) is 0 Å². The van der Waals surface area contributed by atoms with Gasteiger partial charge in [-0.05, 0) is 41.0 Å². The lowest BCUT2D eigenvalue weighted by Crippen LogP contribution is -1.95. The fourth-order valence-electron chi connectivity index (χ4n) is 2.22. The van der Waals surface area contributed by atoms with Crippen molar-refractivity contribution in [2.45, 2.75) is 6.61 Å². The first-order chi connectivity index (χ1) is 10.8. The second-order valence-corrected chi connectivity index (χ2v) is 4.99. The van der Waals surface area contributed by atoms with Gasteiger partial charge in [-0.2, -0.15) is 5.26 Å². The molecule has 0 radical (unpaired) electrons. The van der Waals surface area contributed by atoms with Gasteiger partial charge in [0.15, 0.2) is 0 Å². The van der Waals surface area contributed by atoms with Gasteiger partial charge in [-0.25, -0.2) is 0 Å². The van der Waals surface area contributed by atoms with Crippen LogP contribution in [0.5, 0.6) is 5.75 Å². The third-order valence-electron chi connectivity index (χ3n) is 3.45. The third kappa shape index (κ3) is 3.34. The van der Waals surface area contributed by atoms with E-state index in [1.165, 1.54) is 11.1 Å². The van der Waals surface area contributed by atoms with Crippen LogP contribution in [-0.2, 0) is 6.61 Å². The van der Waals surface area contributed by atoms with Gasteiger partial charge in [0.1, 0.15) is 12.4 Å². The number of benzene rings is 3. The fourth-order valence-corrected chi connectivity index (χ4v) is 2.22. The van der Waals surface area contributed by atoms with Crippen LogP contribution in [0.25, 0.3) is 11.1 Å². The normalized spacial score (nSPS) is 9.95. The Morgan fingerprint density at radius 2 is 1.36 bits per heavy atom. The largest absolute Gasteiger partial charge is 0.489 e. The number of hydrogen-bond acceptors (Lipinski definition) is 2. The minimum atomic E-state index is 0.515. The van der Waals surface area contributed by atoms with E-state index in [1.807, 2.05) is 30.3 Å². The van der Waals surface area contributed by atoms with E-state index in [0.717, 1.165) is 11.3 Å². The van der Waals surface area contributed by atoms with Gasteiger partial charge in [0.25, 0.3) is 0 Å². The Bertz CT molecular complexity index is 769. The number of nitriles is 1. The Morgan fingerprint density at radius 1 is 0.727 bits per heavy atom. The average Bonchev–Trinajstić information content (AvgIpc) is 2.61. The highest BCUT2D eigenvalue weighted by molar-refractivity contribution is 5.63. The molecule has 0 saturated heterocycles. The minimum absolute atomic E-state index is 0.515. The van der Waals surface area contributed by atoms with Crippen molar-refractivity contribution in [1.29, 1.82) is 5.26 Å². The van der Waals surface area contributed by atoms with Crippen LogP contribution < -0.4 is 4.74 Å². The molecule has 0 aromatic heterocycles. The molecule has 106 valence electrons. The second-order valence-electron chi connectivity index (χ2n) is 4.99. The molecule has 2 nitrogen and oxygen atoms in total. The van der Waals surface area contributed by atoms with E-state index in [1.54, 1.807) is 12.1 Å². The molecule has 0 saturated carbocycles. The van der Waals surface area contributed by atoms with Crippen LogP contribution >= 0.6 is 0 Å². The van der Waals surface area contributed by atoms with Crippen LogP contribution in [-0.4, -0.2) is 0 Å². The topological polar surface area (TPSA) is 33.0 Å². The van der Waals surface area contributed by atoms with Crippen LogP contribution in [0.1, 0.15) is 11.1 Å². The first-order valence-corrected chi connectivity index (χ1v) is 7.12. The predicted molar refractivity (Wildman–Crippen MR) is 87.4 cm³/mol. The third-order valence-corrected chi connectivity index (χ3v) is 3.45. The summed E-state index contributed by atoms with van der Waals surface area (Å²) in [6.07, 6.45) is 0. The number of rotatable bonds is 4. The summed E-state index contributed by atoms with van der Waals surface area (Å²) in [5.41, 5.74) is 4.16. The molecule has 3 aromatic carbocycles. The lowest BCUT2D eigenvalue weighted by molar-refractivity contribution is 0.306. The van der Waals surface area contributed by atoms with E-state index < -0.39 is 0 Å². The quantitative estimate of drug-likeness (QED) is 0.689. The summed E-state index contributed by atoms with van der Waals surface area (Å²) in [7, 11) is 0. The lowest BCUT2D eigenvalue weighted by atomic mass is 10.0. The zero-order valence-corrected chi connectivity index (χ0v) is 12.1. The molecule has 0 N–H and O–H groups in total. The highest BCUT2D eigenvalue weighted by Gasteiger charge is 1.99. The molecule has 0 unspecified atom stereocenters. The molecule has 0 aliphatic rings. The molecular formula is C20H15NO. The molecule has 0 amide bonds. The first-order valence-electron chi connectivity index (χ1n) is 7.12. The van der Waals surface area contributed by atoms with Crippen molar-refractivity contribution < 1.29 is 4.74 Å². The molecule has 3 aromatic rings. The predicted octanol–water partition coefficient (Wildman–Crippen LogP) is 4.80. The van der Waals surface area contributed by atoms with E-state index in [4.69, 9.17) is 10.00 Å². The Hall–Kier alpha value is -3.05. The lowest BCUT2D eigenvalue weighted by Gasteiger charge is -2.07. The maximum absolute atomic E-state index is 8.77. The molecule has 22 heavy (non-hydrogen) atoms. The summed E-state index contributed by atoms with van der Waals surface area (Å²) in [5, 5.41) is 8.77. The Labute approximate surface area is 130 Å². The number of ether oxygens (including phenoxy) is 1. The van der Waals surface area contributed by atoms with E-state index in [2.05, 4.69) is 42.5 Å². The average molecular weight is 285 g/mol. The number of hydrogen-bond donors (Lipinski definition) is 0. The smallest absolute Gasteiger partial charge is 0.119 e. The van der Waals surface area contributed by atoms with Crippen molar-refractivity contribution in [3.8, 4) is 22.9 Å². The molecule has 0 spiro atoms. The molecule has 0 aliphatic heterocycles. The van der Waals surface area contributed by atoms with Gasteiger partial charge in [0.2, 0.25) is 0 Å². The second kappa shape index (κ2) is 6.60. The maximum Gasteiger partial charge on any atom is 0.119 e. The van der Waals surface area contributed by atoms with Gasteiger partial charge in [-0.3, -0.25) is 0 Å². The summed E-state index contributed by atoms with van der Waals surface area (Å²) >= 11 is 0. The molecule has 0 bridgehead atoms. The SMILES string of the molecule is N#Cc1ccc(OCc2ccc(-c3ccccc3)cc2)cc1. The van der Waals surface area contributed by atoms with Gasteiger partial charge in [0, 0.05) is 0 Å². The monoisotopic (exact) mass is 285 g/mol. The molecular weight excluding hydrogens is 270 g/mol. The highest BCUT2D eigenvalue weighted by Crippen LogP contribution is 2.20. The van der Waals surface area contributed by atoms with Crippen molar-refractivity contribution in [1.82, 2.24) is 0 Å². The molecule has 0 fully saturated rings. The van der Waals surface area contributed by atoms with E-state index in [0.29, 0.717) is 12.2 Å². The standard InChI is InChI=1S/C20H15NO/c21-14-16-8-12-20(13-9-16)22-15-17-6-10-19(11-7-17)18-4-2-1-3-5-18/h1-13H,15H2.